The van der Waals surface area contributed by atoms with Gasteiger partial charge < -0.3 is 14.8 Å². The van der Waals surface area contributed by atoms with Crippen molar-refractivity contribution in [3.8, 4) is 17.0 Å². The number of carbonyl (C=O) groups is 1. The van der Waals surface area contributed by atoms with Crippen LogP contribution in [-0.4, -0.2) is 22.7 Å². The van der Waals surface area contributed by atoms with E-state index in [0.717, 1.165) is 5.56 Å². The number of hydrogen-bond donors (Lipinski definition) is 2. The second-order valence-electron chi connectivity index (χ2n) is 5.12. The number of aromatic amines is 1. The van der Waals surface area contributed by atoms with Crippen LogP contribution < -0.4 is 10.3 Å². The highest BCUT2D eigenvalue weighted by Gasteiger charge is 2.12. The Hall–Kier alpha value is -2.56. The van der Waals surface area contributed by atoms with Gasteiger partial charge in [-0.15, -0.1) is 0 Å². The highest BCUT2D eigenvalue weighted by Crippen LogP contribution is 2.28. The highest BCUT2D eigenvalue weighted by atomic mass is 16.5. The van der Waals surface area contributed by atoms with Crippen LogP contribution in [0.2, 0.25) is 0 Å². The second-order valence-corrected chi connectivity index (χ2v) is 5.12. The Morgan fingerprint density at radius 3 is 2.57 bits per heavy atom. The SMILES string of the molecule is CC(C)COc1ccccc1-c1ccc(C(=O)O)c(=O)[nH]1. The number of rotatable bonds is 5. The zero-order valence-corrected chi connectivity index (χ0v) is 11.9. The molecule has 1 heterocycles. The fraction of sp³-hybridized carbons (Fsp3) is 0.250. The van der Waals surface area contributed by atoms with Crippen molar-refractivity contribution in [2.24, 2.45) is 5.92 Å². The molecule has 1 aromatic carbocycles. The number of pyridine rings is 1. The topological polar surface area (TPSA) is 79.4 Å². The number of H-pyrrole nitrogens is 1. The number of carboxylic acid groups (broad SMARTS) is 1. The fourth-order valence-corrected chi connectivity index (χ4v) is 1.87. The number of aromatic nitrogens is 1. The van der Waals surface area contributed by atoms with Gasteiger partial charge in [-0.3, -0.25) is 4.79 Å². The van der Waals surface area contributed by atoms with E-state index in [1.807, 2.05) is 38.1 Å². The van der Waals surface area contributed by atoms with Crippen LogP contribution in [0.3, 0.4) is 0 Å². The summed E-state index contributed by atoms with van der Waals surface area (Å²) in [6.07, 6.45) is 0. The Bertz CT molecular complexity index is 703. The third-order valence-electron chi connectivity index (χ3n) is 2.89. The first-order valence-corrected chi connectivity index (χ1v) is 6.68. The van der Waals surface area contributed by atoms with Gasteiger partial charge in [-0.05, 0) is 30.2 Å². The lowest BCUT2D eigenvalue weighted by Crippen LogP contribution is -2.17. The minimum Gasteiger partial charge on any atom is -0.493 e. The molecule has 0 saturated carbocycles. The van der Waals surface area contributed by atoms with E-state index in [2.05, 4.69) is 4.98 Å². The zero-order valence-electron chi connectivity index (χ0n) is 11.9. The average molecular weight is 287 g/mol. The Kier molecular flexibility index (Phi) is 4.42. The lowest BCUT2D eigenvalue weighted by Gasteiger charge is -2.13. The summed E-state index contributed by atoms with van der Waals surface area (Å²) in [5, 5.41) is 8.88. The molecule has 0 aliphatic heterocycles. The predicted octanol–water partition coefficient (Wildman–Crippen LogP) is 2.77. The van der Waals surface area contributed by atoms with Crippen LogP contribution in [0, 0.1) is 5.92 Å². The summed E-state index contributed by atoms with van der Waals surface area (Å²) in [6.45, 7) is 4.66. The number of aromatic carboxylic acids is 1. The van der Waals surface area contributed by atoms with Gasteiger partial charge >= 0.3 is 5.97 Å². The third-order valence-corrected chi connectivity index (χ3v) is 2.89. The van der Waals surface area contributed by atoms with Crippen molar-refractivity contribution < 1.29 is 14.6 Å². The van der Waals surface area contributed by atoms with Crippen molar-refractivity contribution in [3.05, 3.63) is 52.3 Å². The van der Waals surface area contributed by atoms with Crippen molar-refractivity contribution in [2.45, 2.75) is 13.8 Å². The van der Waals surface area contributed by atoms with Gasteiger partial charge in [0.25, 0.3) is 5.56 Å². The lowest BCUT2D eigenvalue weighted by atomic mass is 10.1. The van der Waals surface area contributed by atoms with Crippen LogP contribution in [0.15, 0.2) is 41.2 Å². The number of para-hydroxylation sites is 1. The quantitative estimate of drug-likeness (QED) is 0.886. The van der Waals surface area contributed by atoms with Gasteiger partial charge in [-0.2, -0.15) is 0 Å². The molecule has 0 unspecified atom stereocenters. The molecule has 0 spiro atoms. The number of carboxylic acids is 1. The molecule has 2 aromatic rings. The van der Waals surface area contributed by atoms with Gasteiger partial charge in [-0.25, -0.2) is 4.79 Å². The molecule has 5 nitrogen and oxygen atoms in total. The summed E-state index contributed by atoms with van der Waals surface area (Å²) in [5.74, 6) is -0.205. The molecule has 2 rings (SSSR count). The summed E-state index contributed by atoms with van der Waals surface area (Å²) in [5.41, 5.74) is 0.356. The maximum atomic E-state index is 11.8. The lowest BCUT2D eigenvalue weighted by molar-refractivity contribution is 0.0695. The Labute approximate surface area is 122 Å². The second kappa shape index (κ2) is 6.26. The molecule has 0 amide bonds. The normalized spacial score (nSPS) is 10.6. The Morgan fingerprint density at radius 1 is 1.24 bits per heavy atom. The summed E-state index contributed by atoms with van der Waals surface area (Å²) in [7, 11) is 0. The molecule has 0 fully saturated rings. The van der Waals surface area contributed by atoms with Crippen LogP contribution in [0.25, 0.3) is 11.3 Å². The molecule has 21 heavy (non-hydrogen) atoms. The van der Waals surface area contributed by atoms with Crippen molar-refractivity contribution in [3.63, 3.8) is 0 Å². The van der Waals surface area contributed by atoms with Crippen molar-refractivity contribution in [1.29, 1.82) is 0 Å². The summed E-state index contributed by atoms with van der Waals surface area (Å²) >= 11 is 0. The molecule has 5 heteroatoms. The van der Waals surface area contributed by atoms with E-state index < -0.39 is 11.5 Å². The average Bonchev–Trinajstić information content (AvgIpc) is 2.45. The van der Waals surface area contributed by atoms with Crippen LogP contribution >= 0.6 is 0 Å². The summed E-state index contributed by atoms with van der Waals surface area (Å²) < 4.78 is 5.73. The van der Waals surface area contributed by atoms with E-state index in [-0.39, 0.29) is 5.56 Å². The van der Waals surface area contributed by atoms with E-state index in [1.54, 1.807) is 6.07 Å². The number of hydrogen-bond acceptors (Lipinski definition) is 3. The largest absolute Gasteiger partial charge is 0.493 e. The standard InChI is InChI=1S/C16H17NO4/c1-10(2)9-21-14-6-4-3-5-11(14)13-8-7-12(16(19)20)15(18)17-13/h3-8,10H,9H2,1-2H3,(H,17,18)(H,19,20). The molecule has 0 atom stereocenters. The summed E-state index contributed by atoms with van der Waals surface area (Å²) in [6, 6.07) is 10.2. The molecule has 0 bridgehead atoms. The number of ether oxygens (including phenoxy) is 1. The van der Waals surface area contributed by atoms with Crippen molar-refractivity contribution in [2.75, 3.05) is 6.61 Å². The molecular formula is C16H17NO4. The molecule has 0 aliphatic rings. The van der Waals surface area contributed by atoms with Gasteiger partial charge in [0.15, 0.2) is 0 Å². The molecule has 110 valence electrons. The van der Waals surface area contributed by atoms with E-state index in [9.17, 15) is 9.59 Å². The molecule has 0 saturated heterocycles. The van der Waals surface area contributed by atoms with Gasteiger partial charge in [-0.1, -0.05) is 26.0 Å². The van der Waals surface area contributed by atoms with Gasteiger partial charge in [0.1, 0.15) is 11.3 Å². The number of nitrogens with one attached hydrogen (secondary N) is 1. The van der Waals surface area contributed by atoms with Gasteiger partial charge in [0, 0.05) is 5.56 Å². The minimum atomic E-state index is -1.24. The van der Waals surface area contributed by atoms with Crippen LogP contribution in [0.5, 0.6) is 5.75 Å². The highest BCUT2D eigenvalue weighted by molar-refractivity contribution is 5.87. The predicted molar refractivity (Wildman–Crippen MR) is 79.8 cm³/mol. The first kappa shape index (κ1) is 14.8. The number of benzene rings is 1. The minimum absolute atomic E-state index is 0.278. The molecular weight excluding hydrogens is 270 g/mol. The van der Waals surface area contributed by atoms with E-state index in [1.165, 1.54) is 6.07 Å². The molecule has 0 radical (unpaired) electrons. The van der Waals surface area contributed by atoms with Crippen molar-refractivity contribution >= 4 is 5.97 Å². The maximum Gasteiger partial charge on any atom is 0.341 e. The molecule has 0 aliphatic carbocycles. The molecule has 2 N–H and O–H groups in total. The van der Waals surface area contributed by atoms with Gasteiger partial charge in [0.05, 0.1) is 12.3 Å². The first-order chi connectivity index (χ1) is 9.99. The van der Waals surface area contributed by atoms with Crippen molar-refractivity contribution in [1.82, 2.24) is 4.98 Å². The third kappa shape index (κ3) is 3.51. The monoisotopic (exact) mass is 287 g/mol. The molecule has 1 aromatic heterocycles. The van der Waals surface area contributed by atoms with E-state index >= 15 is 0 Å². The van der Waals surface area contributed by atoms with E-state index in [4.69, 9.17) is 9.84 Å². The van der Waals surface area contributed by atoms with Gasteiger partial charge in [0.2, 0.25) is 0 Å². The first-order valence-electron chi connectivity index (χ1n) is 6.68. The smallest absolute Gasteiger partial charge is 0.341 e. The maximum absolute atomic E-state index is 11.8. The van der Waals surface area contributed by atoms with Crippen LogP contribution in [0.4, 0.5) is 0 Å². The summed E-state index contributed by atoms with van der Waals surface area (Å²) in [4.78, 5) is 25.2. The van der Waals surface area contributed by atoms with Crippen LogP contribution in [-0.2, 0) is 0 Å². The Morgan fingerprint density at radius 2 is 1.95 bits per heavy atom. The van der Waals surface area contributed by atoms with E-state index in [0.29, 0.717) is 24.0 Å². The fourth-order valence-electron chi connectivity index (χ4n) is 1.87. The zero-order chi connectivity index (χ0) is 15.4. The van der Waals surface area contributed by atoms with Crippen LogP contribution in [0.1, 0.15) is 24.2 Å². The Balaban J connectivity index is 2.40.